The first-order valence-electron chi connectivity index (χ1n) is 9.86. The molecule has 0 spiro atoms. The van der Waals surface area contributed by atoms with E-state index in [9.17, 15) is 9.59 Å². The molecule has 0 aromatic heterocycles. The van der Waals surface area contributed by atoms with Crippen molar-refractivity contribution in [3.63, 3.8) is 0 Å². The molecule has 27 heavy (non-hydrogen) atoms. The van der Waals surface area contributed by atoms with Gasteiger partial charge in [-0.25, -0.2) is 0 Å². The molecular formula is C21H32ClN3O2. The number of benzene rings is 1. The molecule has 1 aromatic rings. The number of carbonyl (C=O) groups is 2. The molecule has 2 saturated heterocycles. The molecule has 6 heteroatoms. The zero-order valence-corrected chi connectivity index (χ0v) is 17.4. The van der Waals surface area contributed by atoms with Gasteiger partial charge in [-0.2, -0.15) is 0 Å². The van der Waals surface area contributed by atoms with Crippen molar-refractivity contribution in [1.29, 1.82) is 0 Å². The summed E-state index contributed by atoms with van der Waals surface area (Å²) in [7, 11) is 1.95. The Kier molecular flexibility index (Phi) is 7.68. The SMILES string of the molecule is CNCC1CCCN(C(=O)C2CCN(c3ccc(C(C)C)cc3)C2=O)C1.Cl. The van der Waals surface area contributed by atoms with Crippen LogP contribution in [0.5, 0.6) is 0 Å². The maximum atomic E-state index is 12.9. The molecule has 2 fully saturated rings. The number of rotatable bonds is 5. The number of halogens is 1. The fourth-order valence-electron chi connectivity index (χ4n) is 4.15. The predicted molar refractivity (Wildman–Crippen MR) is 111 cm³/mol. The largest absolute Gasteiger partial charge is 0.342 e. The van der Waals surface area contributed by atoms with E-state index < -0.39 is 5.92 Å². The summed E-state index contributed by atoms with van der Waals surface area (Å²) in [6, 6.07) is 8.17. The molecular weight excluding hydrogens is 362 g/mol. The lowest BCUT2D eigenvalue weighted by molar-refractivity contribution is -0.141. The highest BCUT2D eigenvalue weighted by Crippen LogP contribution is 2.29. The van der Waals surface area contributed by atoms with E-state index in [0.717, 1.165) is 38.2 Å². The number of piperidine rings is 1. The predicted octanol–water partition coefficient (Wildman–Crippen LogP) is 3.04. The number of nitrogens with one attached hydrogen (secondary N) is 1. The Morgan fingerprint density at radius 1 is 1.19 bits per heavy atom. The molecule has 2 unspecified atom stereocenters. The summed E-state index contributed by atoms with van der Waals surface area (Å²) < 4.78 is 0. The Morgan fingerprint density at radius 3 is 2.52 bits per heavy atom. The van der Waals surface area contributed by atoms with Crippen molar-refractivity contribution in [1.82, 2.24) is 10.2 Å². The van der Waals surface area contributed by atoms with Gasteiger partial charge in [-0.15, -0.1) is 12.4 Å². The lowest BCUT2D eigenvalue weighted by atomic mass is 9.96. The van der Waals surface area contributed by atoms with Crippen LogP contribution >= 0.6 is 12.4 Å². The third kappa shape index (κ3) is 4.82. The van der Waals surface area contributed by atoms with E-state index >= 15 is 0 Å². The molecule has 5 nitrogen and oxygen atoms in total. The molecule has 1 aromatic carbocycles. The maximum absolute atomic E-state index is 12.9. The van der Waals surface area contributed by atoms with Crippen LogP contribution in [0.15, 0.2) is 24.3 Å². The van der Waals surface area contributed by atoms with Crippen LogP contribution in [-0.4, -0.2) is 49.9 Å². The lowest BCUT2D eigenvalue weighted by Gasteiger charge is -2.34. The summed E-state index contributed by atoms with van der Waals surface area (Å²) in [5.41, 5.74) is 2.17. The van der Waals surface area contributed by atoms with Crippen molar-refractivity contribution in [2.24, 2.45) is 11.8 Å². The van der Waals surface area contributed by atoms with Crippen molar-refractivity contribution >= 4 is 29.9 Å². The van der Waals surface area contributed by atoms with Gasteiger partial charge in [0.2, 0.25) is 11.8 Å². The van der Waals surface area contributed by atoms with Gasteiger partial charge in [0.05, 0.1) is 0 Å². The normalized spacial score (nSPS) is 22.9. The third-order valence-electron chi connectivity index (χ3n) is 5.70. The second kappa shape index (κ2) is 9.56. The highest BCUT2D eigenvalue weighted by molar-refractivity contribution is 6.09. The van der Waals surface area contributed by atoms with Gasteiger partial charge in [-0.1, -0.05) is 26.0 Å². The monoisotopic (exact) mass is 393 g/mol. The Bertz CT molecular complexity index is 645. The third-order valence-corrected chi connectivity index (χ3v) is 5.70. The van der Waals surface area contributed by atoms with Crippen molar-refractivity contribution < 1.29 is 9.59 Å². The van der Waals surface area contributed by atoms with Gasteiger partial charge < -0.3 is 15.1 Å². The van der Waals surface area contributed by atoms with Crippen molar-refractivity contribution in [2.75, 3.05) is 38.1 Å². The number of carbonyl (C=O) groups excluding carboxylic acids is 2. The molecule has 2 aliphatic heterocycles. The number of hydrogen-bond donors (Lipinski definition) is 1. The summed E-state index contributed by atoms with van der Waals surface area (Å²) in [4.78, 5) is 29.5. The zero-order valence-electron chi connectivity index (χ0n) is 16.6. The first kappa shape index (κ1) is 21.7. The topological polar surface area (TPSA) is 52.7 Å². The molecule has 2 heterocycles. The van der Waals surface area contributed by atoms with Crippen molar-refractivity contribution in [2.45, 2.75) is 39.0 Å². The number of nitrogens with zero attached hydrogens (tertiary/aromatic N) is 2. The molecule has 1 N–H and O–H groups in total. The van der Waals surface area contributed by atoms with E-state index in [1.807, 2.05) is 24.1 Å². The standard InChI is InChI=1S/C21H31N3O2.ClH/c1-15(2)17-6-8-18(9-7-17)24-12-10-19(21(24)26)20(25)23-11-4-5-16(14-23)13-22-3;/h6-9,15-16,19,22H,4-5,10-14H2,1-3H3;1H. The summed E-state index contributed by atoms with van der Waals surface area (Å²) >= 11 is 0. The molecule has 150 valence electrons. The van der Waals surface area contributed by atoms with E-state index in [0.29, 0.717) is 24.8 Å². The van der Waals surface area contributed by atoms with E-state index in [4.69, 9.17) is 0 Å². The van der Waals surface area contributed by atoms with Gasteiger partial charge in [0, 0.05) is 25.3 Å². The van der Waals surface area contributed by atoms with Crippen molar-refractivity contribution in [3.8, 4) is 0 Å². The average molecular weight is 394 g/mol. The minimum Gasteiger partial charge on any atom is -0.342 e. The van der Waals surface area contributed by atoms with E-state index in [2.05, 4.69) is 31.3 Å². The lowest BCUT2D eigenvalue weighted by Crippen LogP contribution is -2.46. The first-order chi connectivity index (χ1) is 12.5. The van der Waals surface area contributed by atoms with Gasteiger partial charge in [0.15, 0.2) is 0 Å². The van der Waals surface area contributed by atoms with Gasteiger partial charge in [0.1, 0.15) is 5.92 Å². The minimum atomic E-state index is -0.506. The van der Waals surface area contributed by atoms with E-state index in [-0.39, 0.29) is 24.2 Å². The van der Waals surface area contributed by atoms with Gasteiger partial charge in [-0.3, -0.25) is 9.59 Å². The summed E-state index contributed by atoms with van der Waals surface area (Å²) in [6.07, 6.45) is 2.80. The number of amides is 2. The zero-order chi connectivity index (χ0) is 18.7. The molecule has 3 rings (SSSR count). The summed E-state index contributed by atoms with van der Waals surface area (Å²) in [5.74, 6) is 0.444. The van der Waals surface area contributed by atoms with Gasteiger partial charge in [0.25, 0.3) is 0 Å². The number of anilines is 1. The van der Waals surface area contributed by atoms with Crippen LogP contribution in [0.2, 0.25) is 0 Å². The second-order valence-electron chi connectivity index (χ2n) is 7.93. The Balaban J connectivity index is 0.00000261. The van der Waals surface area contributed by atoms with Crippen LogP contribution in [0.1, 0.15) is 44.6 Å². The van der Waals surface area contributed by atoms with Crippen LogP contribution in [-0.2, 0) is 9.59 Å². The first-order valence-corrected chi connectivity index (χ1v) is 9.86. The fourth-order valence-corrected chi connectivity index (χ4v) is 4.15. The fraction of sp³-hybridized carbons (Fsp3) is 0.619. The minimum absolute atomic E-state index is 0. The van der Waals surface area contributed by atoms with Gasteiger partial charge >= 0.3 is 0 Å². The van der Waals surface area contributed by atoms with Crippen LogP contribution in [0, 0.1) is 11.8 Å². The van der Waals surface area contributed by atoms with E-state index in [1.54, 1.807) is 4.90 Å². The van der Waals surface area contributed by atoms with E-state index in [1.165, 1.54) is 5.56 Å². The highest BCUT2D eigenvalue weighted by atomic mass is 35.5. The smallest absolute Gasteiger partial charge is 0.239 e. The van der Waals surface area contributed by atoms with Crippen molar-refractivity contribution in [3.05, 3.63) is 29.8 Å². The molecule has 0 saturated carbocycles. The van der Waals surface area contributed by atoms with Crippen LogP contribution in [0.3, 0.4) is 0 Å². The molecule has 2 atom stereocenters. The number of likely N-dealkylation sites (tertiary alicyclic amines) is 1. The average Bonchev–Trinajstić information content (AvgIpc) is 3.03. The molecule has 0 radical (unpaired) electrons. The molecule has 0 bridgehead atoms. The number of hydrogen-bond acceptors (Lipinski definition) is 3. The summed E-state index contributed by atoms with van der Waals surface area (Å²) in [5, 5.41) is 3.20. The highest BCUT2D eigenvalue weighted by Gasteiger charge is 2.40. The summed E-state index contributed by atoms with van der Waals surface area (Å²) in [6.45, 7) is 7.43. The maximum Gasteiger partial charge on any atom is 0.239 e. The molecule has 2 amide bonds. The molecule has 2 aliphatic rings. The second-order valence-corrected chi connectivity index (χ2v) is 7.93. The Morgan fingerprint density at radius 2 is 1.89 bits per heavy atom. The Labute approximate surface area is 168 Å². The quantitative estimate of drug-likeness (QED) is 0.782. The van der Waals surface area contributed by atoms with Crippen LogP contribution in [0.4, 0.5) is 5.69 Å². The van der Waals surface area contributed by atoms with Gasteiger partial charge in [-0.05, 0) is 62.4 Å². The molecule has 0 aliphatic carbocycles. The van der Waals surface area contributed by atoms with Crippen LogP contribution < -0.4 is 10.2 Å². The van der Waals surface area contributed by atoms with Crippen LogP contribution in [0.25, 0.3) is 0 Å². The Hall–Kier alpha value is -1.59.